The lowest BCUT2D eigenvalue weighted by Gasteiger charge is -2.03. The zero-order valence-electron chi connectivity index (χ0n) is 12.0. The maximum Gasteiger partial charge on any atom is 0.271 e. The Bertz CT molecular complexity index is 679. The van der Waals surface area contributed by atoms with Crippen molar-refractivity contribution in [2.45, 2.75) is 13.3 Å². The zero-order chi connectivity index (χ0) is 14.8. The summed E-state index contributed by atoms with van der Waals surface area (Å²) in [6, 6.07) is 7.47. The number of nitrogens with one attached hydrogen (secondary N) is 1. The Labute approximate surface area is 122 Å². The Morgan fingerprint density at radius 1 is 1.33 bits per heavy atom. The summed E-state index contributed by atoms with van der Waals surface area (Å²) in [7, 11) is 1.82. The molecule has 0 unspecified atom stereocenters. The molecule has 2 heterocycles. The summed E-state index contributed by atoms with van der Waals surface area (Å²) >= 11 is 0. The molecule has 1 N–H and O–H groups in total. The van der Waals surface area contributed by atoms with Gasteiger partial charge in [0.25, 0.3) is 5.91 Å². The first-order valence-electron chi connectivity index (χ1n) is 6.91. The Hall–Kier alpha value is -2.50. The van der Waals surface area contributed by atoms with Crippen molar-refractivity contribution in [2.75, 3.05) is 13.3 Å². The van der Waals surface area contributed by atoms with E-state index in [0.717, 1.165) is 23.4 Å². The van der Waals surface area contributed by atoms with Gasteiger partial charge in [0.05, 0.1) is 5.69 Å². The van der Waals surface area contributed by atoms with E-state index in [1.54, 1.807) is 10.7 Å². The van der Waals surface area contributed by atoms with Gasteiger partial charge in [0, 0.05) is 19.2 Å². The lowest BCUT2D eigenvalue weighted by Crippen LogP contribution is -2.24. The average molecular weight is 287 g/mol. The number of carbonyl (C=O) groups is 1. The van der Waals surface area contributed by atoms with Crippen molar-refractivity contribution in [3.05, 3.63) is 30.0 Å². The maximum atomic E-state index is 12.0. The Balaban J connectivity index is 1.89. The van der Waals surface area contributed by atoms with E-state index in [4.69, 9.17) is 9.47 Å². The van der Waals surface area contributed by atoms with Crippen LogP contribution in [-0.4, -0.2) is 29.0 Å². The fourth-order valence-electron chi connectivity index (χ4n) is 2.23. The third kappa shape index (κ3) is 2.56. The summed E-state index contributed by atoms with van der Waals surface area (Å²) < 4.78 is 12.4. The lowest BCUT2D eigenvalue weighted by atomic mass is 10.1. The number of ether oxygens (including phenoxy) is 2. The maximum absolute atomic E-state index is 12.0. The molecule has 0 saturated heterocycles. The highest BCUT2D eigenvalue weighted by atomic mass is 16.7. The first-order chi connectivity index (χ1) is 10.2. The number of nitrogens with zero attached hydrogens (tertiary/aromatic N) is 2. The molecule has 0 aliphatic carbocycles. The van der Waals surface area contributed by atoms with Crippen LogP contribution in [0.25, 0.3) is 11.3 Å². The van der Waals surface area contributed by atoms with Crippen molar-refractivity contribution in [1.82, 2.24) is 15.1 Å². The van der Waals surface area contributed by atoms with E-state index < -0.39 is 0 Å². The van der Waals surface area contributed by atoms with E-state index in [-0.39, 0.29) is 12.7 Å². The van der Waals surface area contributed by atoms with Gasteiger partial charge in [-0.3, -0.25) is 9.48 Å². The van der Waals surface area contributed by atoms with Crippen LogP contribution in [0.15, 0.2) is 24.3 Å². The molecule has 0 bridgehead atoms. The van der Waals surface area contributed by atoms with Crippen molar-refractivity contribution in [3.8, 4) is 22.8 Å². The Morgan fingerprint density at radius 2 is 2.14 bits per heavy atom. The SMILES string of the molecule is CCCNC(=O)c1cc(-c2ccc3c(c2)OCO3)n(C)n1. The zero-order valence-corrected chi connectivity index (χ0v) is 12.0. The summed E-state index contributed by atoms with van der Waals surface area (Å²) in [5, 5.41) is 7.09. The molecular formula is C15H17N3O3. The molecule has 0 atom stereocenters. The molecule has 1 aromatic heterocycles. The van der Waals surface area contributed by atoms with Crippen LogP contribution in [0.2, 0.25) is 0 Å². The number of amides is 1. The second-order valence-electron chi connectivity index (χ2n) is 4.86. The third-order valence-corrected chi connectivity index (χ3v) is 3.32. The Morgan fingerprint density at radius 3 is 2.95 bits per heavy atom. The first kappa shape index (κ1) is 13.5. The van der Waals surface area contributed by atoms with Gasteiger partial charge in [-0.1, -0.05) is 6.92 Å². The Kier molecular flexibility index (Phi) is 3.51. The highest BCUT2D eigenvalue weighted by Gasteiger charge is 2.17. The molecule has 6 nitrogen and oxygen atoms in total. The van der Waals surface area contributed by atoms with Gasteiger partial charge >= 0.3 is 0 Å². The van der Waals surface area contributed by atoms with Crippen LogP contribution < -0.4 is 14.8 Å². The molecule has 1 amide bonds. The molecule has 6 heteroatoms. The number of fused-ring (bicyclic) bond motifs is 1. The summed E-state index contributed by atoms with van der Waals surface area (Å²) in [5.41, 5.74) is 2.21. The van der Waals surface area contributed by atoms with E-state index in [1.807, 2.05) is 32.2 Å². The lowest BCUT2D eigenvalue weighted by molar-refractivity contribution is 0.0948. The first-order valence-corrected chi connectivity index (χ1v) is 6.91. The molecule has 21 heavy (non-hydrogen) atoms. The topological polar surface area (TPSA) is 65.4 Å². The van der Waals surface area contributed by atoms with E-state index in [2.05, 4.69) is 10.4 Å². The largest absolute Gasteiger partial charge is 0.454 e. The minimum atomic E-state index is -0.153. The fourth-order valence-corrected chi connectivity index (χ4v) is 2.23. The molecule has 1 aliphatic rings. The number of aryl methyl sites for hydroxylation is 1. The summed E-state index contributed by atoms with van der Waals surface area (Å²) in [6.07, 6.45) is 0.896. The van der Waals surface area contributed by atoms with Crippen molar-refractivity contribution in [2.24, 2.45) is 7.05 Å². The van der Waals surface area contributed by atoms with Gasteiger partial charge in [0.1, 0.15) is 0 Å². The second-order valence-corrected chi connectivity index (χ2v) is 4.86. The molecule has 110 valence electrons. The highest BCUT2D eigenvalue weighted by molar-refractivity contribution is 5.93. The van der Waals surface area contributed by atoms with Crippen LogP contribution >= 0.6 is 0 Å². The van der Waals surface area contributed by atoms with Crippen LogP contribution in [0.5, 0.6) is 11.5 Å². The van der Waals surface area contributed by atoms with Gasteiger partial charge < -0.3 is 14.8 Å². The molecule has 1 aromatic carbocycles. The van der Waals surface area contributed by atoms with Crippen LogP contribution in [0.4, 0.5) is 0 Å². The number of rotatable bonds is 4. The quantitative estimate of drug-likeness (QED) is 0.933. The molecule has 3 rings (SSSR count). The molecule has 2 aromatic rings. The molecule has 0 spiro atoms. The number of hydrogen-bond acceptors (Lipinski definition) is 4. The van der Waals surface area contributed by atoms with Gasteiger partial charge in [-0.15, -0.1) is 0 Å². The number of aromatic nitrogens is 2. The highest BCUT2D eigenvalue weighted by Crippen LogP contribution is 2.35. The van der Waals surface area contributed by atoms with E-state index in [9.17, 15) is 4.79 Å². The summed E-state index contributed by atoms with van der Waals surface area (Å²) in [5.74, 6) is 1.30. The van der Waals surface area contributed by atoms with Gasteiger partial charge in [-0.05, 0) is 30.7 Å². The van der Waals surface area contributed by atoms with Crippen LogP contribution in [0, 0.1) is 0 Å². The van der Waals surface area contributed by atoms with Crippen molar-refractivity contribution in [3.63, 3.8) is 0 Å². The second kappa shape index (κ2) is 5.47. The molecule has 0 radical (unpaired) electrons. The molecular weight excluding hydrogens is 270 g/mol. The van der Waals surface area contributed by atoms with Crippen LogP contribution in [0.1, 0.15) is 23.8 Å². The van der Waals surface area contributed by atoms with Crippen molar-refractivity contribution in [1.29, 1.82) is 0 Å². The van der Waals surface area contributed by atoms with E-state index in [1.165, 1.54) is 0 Å². The van der Waals surface area contributed by atoms with Crippen molar-refractivity contribution < 1.29 is 14.3 Å². The minimum Gasteiger partial charge on any atom is -0.454 e. The normalized spacial score (nSPS) is 12.5. The monoisotopic (exact) mass is 287 g/mol. The van der Waals surface area contributed by atoms with E-state index >= 15 is 0 Å². The summed E-state index contributed by atoms with van der Waals surface area (Å²) in [6.45, 7) is 2.90. The molecule has 0 saturated carbocycles. The van der Waals surface area contributed by atoms with Gasteiger partial charge in [0.2, 0.25) is 6.79 Å². The average Bonchev–Trinajstić information content (AvgIpc) is 3.10. The predicted molar refractivity (Wildman–Crippen MR) is 77.4 cm³/mol. The smallest absolute Gasteiger partial charge is 0.271 e. The third-order valence-electron chi connectivity index (χ3n) is 3.32. The van der Waals surface area contributed by atoms with Crippen molar-refractivity contribution >= 4 is 5.91 Å². The van der Waals surface area contributed by atoms with Gasteiger partial charge in [0.15, 0.2) is 17.2 Å². The van der Waals surface area contributed by atoms with Crippen LogP contribution in [-0.2, 0) is 7.05 Å². The predicted octanol–water partition coefficient (Wildman–Crippen LogP) is 1.96. The van der Waals surface area contributed by atoms with Crippen LogP contribution in [0.3, 0.4) is 0 Å². The number of hydrogen-bond donors (Lipinski definition) is 1. The number of carbonyl (C=O) groups excluding carboxylic acids is 1. The standard InChI is InChI=1S/C15H17N3O3/c1-3-6-16-15(19)11-8-12(18(2)17-11)10-4-5-13-14(7-10)21-9-20-13/h4-5,7-8H,3,6,9H2,1-2H3,(H,16,19). The molecule has 1 aliphatic heterocycles. The van der Waals surface area contributed by atoms with Gasteiger partial charge in [-0.2, -0.15) is 5.10 Å². The molecule has 0 fully saturated rings. The number of benzene rings is 1. The van der Waals surface area contributed by atoms with E-state index in [0.29, 0.717) is 18.0 Å². The summed E-state index contributed by atoms with van der Waals surface area (Å²) in [4.78, 5) is 12.0. The minimum absolute atomic E-state index is 0.153. The van der Waals surface area contributed by atoms with Gasteiger partial charge in [-0.25, -0.2) is 0 Å². The fraction of sp³-hybridized carbons (Fsp3) is 0.333.